The van der Waals surface area contributed by atoms with Crippen molar-refractivity contribution in [3.05, 3.63) is 11.6 Å². The molecule has 1 aromatic rings. The zero-order valence-electron chi connectivity index (χ0n) is 5.02. The molecule has 0 aromatic carbocycles. The molecule has 0 aliphatic carbocycles. The summed E-state index contributed by atoms with van der Waals surface area (Å²) in [6.07, 6.45) is 1.64. The summed E-state index contributed by atoms with van der Waals surface area (Å²) in [6, 6.07) is 0. The smallest absolute Gasteiger partial charge is 0.206 e. The van der Waals surface area contributed by atoms with Crippen LogP contribution in [0.25, 0.3) is 0 Å². The normalized spacial score (nSPS) is 9.30. The van der Waals surface area contributed by atoms with E-state index in [0.717, 1.165) is 0 Å². The Morgan fingerprint density at radius 1 is 1.80 bits per heavy atom. The molecule has 0 fully saturated rings. The Morgan fingerprint density at radius 3 is 2.90 bits per heavy atom. The van der Waals surface area contributed by atoms with E-state index < -0.39 is 0 Å². The van der Waals surface area contributed by atoms with Crippen LogP contribution in [0.2, 0.25) is 0 Å². The lowest BCUT2D eigenvalue weighted by Crippen LogP contribution is -2.41. The summed E-state index contributed by atoms with van der Waals surface area (Å²) in [5.74, 6) is 5.40. The second-order valence-corrected chi connectivity index (χ2v) is 2.81. The third kappa shape index (κ3) is 1.41. The molecule has 0 saturated carbocycles. The summed E-state index contributed by atoms with van der Waals surface area (Å²) in [5, 5.41) is 3.69. The Kier molecular flexibility index (Phi) is 2.15. The van der Waals surface area contributed by atoms with Crippen LogP contribution in [-0.2, 0) is 0 Å². The van der Waals surface area contributed by atoms with Crippen LogP contribution < -0.4 is 16.6 Å². The highest BCUT2D eigenvalue weighted by molar-refractivity contribution is 7.80. The summed E-state index contributed by atoms with van der Waals surface area (Å²) in [4.78, 5) is 3.89. The topological polar surface area (TPSA) is 68.2 Å². The fourth-order valence-electron chi connectivity index (χ4n) is 0.429. The number of rotatable bonds is 1. The maximum Gasteiger partial charge on any atom is 0.206 e. The number of thiazole rings is 1. The predicted molar refractivity (Wildman–Crippen MR) is 45.6 cm³/mol. The molecule has 1 rings (SSSR count). The highest BCUT2D eigenvalue weighted by atomic mass is 32.1. The first kappa shape index (κ1) is 7.39. The molecule has 0 saturated heterocycles. The average Bonchev–Trinajstić information content (AvgIpc) is 2.36. The van der Waals surface area contributed by atoms with E-state index in [0.29, 0.717) is 5.13 Å². The molecule has 10 heavy (non-hydrogen) atoms. The van der Waals surface area contributed by atoms with Crippen molar-refractivity contribution in [2.24, 2.45) is 11.6 Å². The molecule has 6 heteroatoms. The first-order valence-corrected chi connectivity index (χ1v) is 3.74. The third-order valence-corrected chi connectivity index (χ3v) is 1.83. The van der Waals surface area contributed by atoms with E-state index in [9.17, 15) is 0 Å². The Labute approximate surface area is 67.4 Å². The number of hydrazine groups is 1. The molecule has 0 radical (unpaired) electrons. The number of nitrogens with two attached hydrogens (primary N) is 2. The number of hydrogen-bond acceptors (Lipinski definition) is 4. The van der Waals surface area contributed by atoms with Gasteiger partial charge < -0.3 is 5.73 Å². The van der Waals surface area contributed by atoms with Crippen LogP contribution in [0.15, 0.2) is 11.6 Å². The second-order valence-electron chi connectivity index (χ2n) is 1.52. The van der Waals surface area contributed by atoms with Gasteiger partial charge in [-0.2, -0.15) is 0 Å². The van der Waals surface area contributed by atoms with Gasteiger partial charge in [0.15, 0.2) is 5.11 Å². The molecule has 0 unspecified atom stereocenters. The van der Waals surface area contributed by atoms with Gasteiger partial charge in [0.2, 0.25) is 5.13 Å². The number of hydrogen-bond donors (Lipinski definition) is 2. The van der Waals surface area contributed by atoms with Gasteiger partial charge >= 0.3 is 0 Å². The Balaban J connectivity index is 2.77. The Hall–Kier alpha value is -0.720. The summed E-state index contributed by atoms with van der Waals surface area (Å²) >= 11 is 5.99. The van der Waals surface area contributed by atoms with Crippen molar-refractivity contribution < 1.29 is 0 Å². The molecule has 0 bridgehead atoms. The predicted octanol–water partition coefficient (Wildman–Crippen LogP) is 0.0668. The molecule has 0 spiro atoms. The molecule has 0 aliphatic rings. The van der Waals surface area contributed by atoms with E-state index in [4.69, 9.17) is 11.6 Å². The van der Waals surface area contributed by atoms with E-state index >= 15 is 0 Å². The van der Waals surface area contributed by atoms with Gasteiger partial charge in [-0.05, 0) is 12.2 Å². The van der Waals surface area contributed by atoms with Crippen molar-refractivity contribution in [2.75, 3.05) is 5.01 Å². The monoisotopic (exact) mass is 174 g/mol. The standard InChI is InChI=1S/C4H6N4S2/c5-3(9)8(6)4-7-1-2-10-4/h1-2H,6H2,(H2,5,9). The molecular formula is C4H6N4S2. The summed E-state index contributed by atoms with van der Waals surface area (Å²) in [7, 11) is 0. The number of thiocarbonyl (C=S) groups is 1. The maximum absolute atomic E-state index is 5.40. The Morgan fingerprint density at radius 2 is 2.50 bits per heavy atom. The van der Waals surface area contributed by atoms with Crippen LogP contribution in [0.1, 0.15) is 0 Å². The molecule has 4 nitrogen and oxygen atoms in total. The second kappa shape index (κ2) is 2.91. The largest absolute Gasteiger partial charge is 0.375 e. The van der Waals surface area contributed by atoms with E-state index in [2.05, 4.69) is 17.2 Å². The van der Waals surface area contributed by atoms with Crippen molar-refractivity contribution in [2.45, 2.75) is 0 Å². The van der Waals surface area contributed by atoms with Gasteiger partial charge in [-0.15, -0.1) is 11.3 Å². The van der Waals surface area contributed by atoms with Crippen LogP contribution in [0.5, 0.6) is 0 Å². The fraction of sp³-hybridized carbons (Fsp3) is 0. The zero-order chi connectivity index (χ0) is 7.56. The highest BCUT2D eigenvalue weighted by Gasteiger charge is 2.04. The van der Waals surface area contributed by atoms with Crippen LogP contribution in [0, 0.1) is 0 Å². The van der Waals surface area contributed by atoms with Crippen molar-refractivity contribution >= 4 is 33.8 Å². The zero-order valence-corrected chi connectivity index (χ0v) is 6.65. The van der Waals surface area contributed by atoms with Gasteiger partial charge in [0.05, 0.1) is 0 Å². The SMILES string of the molecule is NC(=S)N(N)c1nccs1. The van der Waals surface area contributed by atoms with Gasteiger partial charge in [0.25, 0.3) is 0 Å². The molecule has 0 aliphatic heterocycles. The summed E-state index contributed by atoms with van der Waals surface area (Å²) in [6.45, 7) is 0. The van der Waals surface area contributed by atoms with Crippen molar-refractivity contribution in [3.63, 3.8) is 0 Å². The van der Waals surface area contributed by atoms with Crippen molar-refractivity contribution in [1.82, 2.24) is 4.98 Å². The lowest BCUT2D eigenvalue weighted by molar-refractivity contribution is 1.11. The fourth-order valence-corrected chi connectivity index (χ4v) is 1.15. The summed E-state index contributed by atoms with van der Waals surface area (Å²) < 4.78 is 0. The molecule has 0 amide bonds. The third-order valence-electron chi connectivity index (χ3n) is 0.863. The number of aromatic nitrogens is 1. The molecule has 1 aromatic heterocycles. The summed E-state index contributed by atoms with van der Waals surface area (Å²) in [5.41, 5.74) is 5.23. The van der Waals surface area contributed by atoms with Crippen LogP contribution in [0.3, 0.4) is 0 Å². The van der Waals surface area contributed by atoms with Gasteiger partial charge in [0.1, 0.15) is 0 Å². The number of nitrogens with zero attached hydrogens (tertiary/aromatic N) is 2. The minimum absolute atomic E-state index is 0.120. The molecule has 54 valence electrons. The van der Waals surface area contributed by atoms with Crippen molar-refractivity contribution in [1.29, 1.82) is 0 Å². The maximum atomic E-state index is 5.40. The lowest BCUT2D eigenvalue weighted by atomic mass is 10.9. The lowest BCUT2D eigenvalue weighted by Gasteiger charge is -2.10. The Bertz CT molecular complexity index is 219. The average molecular weight is 174 g/mol. The van der Waals surface area contributed by atoms with Crippen molar-refractivity contribution in [3.8, 4) is 0 Å². The first-order valence-electron chi connectivity index (χ1n) is 2.45. The molecule has 0 atom stereocenters. The highest BCUT2D eigenvalue weighted by Crippen LogP contribution is 2.12. The van der Waals surface area contributed by atoms with Gasteiger partial charge in [-0.25, -0.2) is 15.8 Å². The molecule has 1 heterocycles. The number of anilines is 1. The minimum atomic E-state index is 0.120. The van der Waals surface area contributed by atoms with E-state index in [1.165, 1.54) is 16.3 Å². The quantitative estimate of drug-likeness (QED) is 0.358. The molecular weight excluding hydrogens is 168 g/mol. The van der Waals surface area contributed by atoms with Gasteiger partial charge in [-0.3, -0.25) is 0 Å². The van der Waals surface area contributed by atoms with E-state index in [-0.39, 0.29) is 5.11 Å². The molecule has 4 N–H and O–H groups in total. The van der Waals surface area contributed by atoms with Gasteiger partial charge in [0, 0.05) is 11.6 Å². The minimum Gasteiger partial charge on any atom is -0.375 e. The van der Waals surface area contributed by atoms with Crippen LogP contribution in [-0.4, -0.2) is 10.1 Å². The van der Waals surface area contributed by atoms with Gasteiger partial charge in [-0.1, -0.05) is 0 Å². The van der Waals surface area contributed by atoms with Crippen LogP contribution >= 0.6 is 23.6 Å². The first-order chi connectivity index (χ1) is 4.72. The van der Waals surface area contributed by atoms with E-state index in [1.54, 1.807) is 11.6 Å². The van der Waals surface area contributed by atoms with E-state index in [1.807, 2.05) is 0 Å². The van der Waals surface area contributed by atoms with Crippen LogP contribution in [0.4, 0.5) is 5.13 Å².